The number of methoxy groups -OCH3 is 1. The molecule has 0 radical (unpaired) electrons. The maximum absolute atomic E-state index is 12.1. The van der Waals surface area contributed by atoms with Crippen LogP contribution < -0.4 is 10.1 Å². The summed E-state index contributed by atoms with van der Waals surface area (Å²) in [5, 5.41) is 2.85. The van der Waals surface area contributed by atoms with E-state index in [1.165, 1.54) is 0 Å². The molecule has 4 nitrogen and oxygen atoms in total. The van der Waals surface area contributed by atoms with E-state index in [2.05, 4.69) is 58.0 Å². The molecule has 22 heavy (non-hydrogen) atoms. The summed E-state index contributed by atoms with van der Waals surface area (Å²) >= 11 is 10.5. The molecule has 1 aliphatic heterocycles. The first-order chi connectivity index (χ1) is 10.5. The number of nitrogens with one attached hydrogen (secondary N) is 1. The number of hydrogen-bond acceptors (Lipinski definition) is 3. The van der Waals surface area contributed by atoms with Crippen molar-refractivity contribution >= 4 is 59.8 Å². The van der Waals surface area contributed by atoms with Crippen LogP contribution in [0.15, 0.2) is 25.7 Å². The Kier molecular flexibility index (Phi) is 6.49. The molecule has 0 bridgehead atoms. The third kappa shape index (κ3) is 3.93. The minimum absolute atomic E-state index is 0.0284. The summed E-state index contributed by atoms with van der Waals surface area (Å²) in [4.78, 5) is 14.2. The number of likely N-dealkylation sites (N-methyl/N-ethyl adjacent to an activating group) is 1. The number of ether oxygens (including phenoxy) is 1. The lowest BCUT2D eigenvalue weighted by molar-refractivity contribution is -0.124. The van der Waals surface area contributed by atoms with Crippen molar-refractivity contribution in [1.29, 1.82) is 0 Å². The Labute approximate surface area is 155 Å². The second kappa shape index (κ2) is 7.95. The monoisotopic (exact) mass is 494 g/mol. The Hall–Kier alpha value is -0.370. The quantitative estimate of drug-likeness (QED) is 0.636. The first-order valence-corrected chi connectivity index (χ1v) is 9.22. The molecule has 0 unspecified atom stereocenters. The van der Waals surface area contributed by atoms with Crippen LogP contribution in [0.4, 0.5) is 0 Å². The Morgan fingerprint density at radius 3 is 2.68 bits per heavy atom. The smallest absolute Gasteiger partial charge is 0.241 e. The molecule has 1 aromatic carbocycles. The zero-order valence-electron chi connectivity index (χ0n) is 12.3. The topological polar surface area (TPSA) is 41.6 Å². The number of amides is 1. The molecule has 1 fully saturated rings. The van der Waals surface area contributed by atoms with Crippen LogP contribution in [0, 0.1) is 0 Å². The number of hydrogen-bond donors (Lipinski definition) is 1. The standard InChI is InChI=1S/C15H17Br3N2O2/c1-20-7-3-4-10(20)15(21)19-6-5-9-8-11(22-2)13(17)14(18)12(9)16/h5-6,8,10H,3-4,7H2,1-2H3,(H,19,21)/b6-5-/t10-/m0/s1. The van der Waals surface area contributed by atoms with Crippen LogP contribution in [0.3, 0.4) is 0 Å². The second-order valence-corrected chi connectivity index (χ2v) is 7.47. The fourth-order valence-corrected chi connectivity index (χ4v) is 4.03. The number of likely N-dealkylation sites (tertiary alicyclic amines) is 1. The molecule has 7 heteroatoms. The van der Waals surface area contributed by atoms with Crippen molar-refractivity contribution in [3.63, 3.8) is 0 Å². The summed E-state index contributed by atoms with van der Waals surface area (Å²) in [6, 6.07) is 1.86. The van der Waals surface area contributed by atoms with Crippen molar-refractivity contribution in [2.24, 2.45) is 0 Å². The van der Waals surface area contributed by atoms with E-state index in [-0.39, 0.29) is 11.9 Å². The van der Waals surface area contributed by atoms with E-state index in [1.54, 1.807) is 13.3 Å². The lowest BCUT2D eigenvalue weighted by Crippen LogP contribution is -2.39. The fraction of sp³-hybridized carbons (Fsp3) is 0.400. The van der Waals surface area contributed by atoms with Crippen LogP contribution in [0.2, 0.25) is 0 Å². The van der Waals surface area contributed by atoms with Gasteiger partial charge in [-0.2, -0.15) is 0 Å². The zero-order chi connectivity index (χ0) is 16.3. The Morgan fingerprint density at radius 2 is 2.09 bits per heavy atom. The van der Waals surface area contributed by atoms with Crippen molar-refractivity contribution in [2.75, 3.05) is 20.7 Å². The molecular weight excluding hydrogens is 480 g/mol. The van der Waals surface area contributed by atoms with Crippen molar-refractivity contribution in [3.8, 4) is 5.75 Å². The van der Waals surface area contributed by atoms with E-state index in [4.69, 9.17) is 4.74 Å². The van der Waals surface area contributed by atoms with Gasteiger partial charge in [-0.25, -0.2) is 0 Å². The predicted octanol–water partition coefficient (Wildman–Crippen LogP) is 4.16. The van der Waals surface area contributed by atoms with Crippen LogP contribution >= 0.6 is 47.8 Å². The summed E-state index contributed by atoms with van der Waals surface area (Å²) in [7, 11) is 3.60. The van der Waals surface area contributed by atoms with Gasteiger partial charge < -0.3 is 10.1 Å². The fourth-order valence-electron chi connectivity index (χ4n) is 2.42. The van der Waals surface area contributed by atoms with Gasteiger partial charge in [-0.15, -0.1) is 0 Å². The molecule has 0 spiro atoms. The highest BCUT2D eigenvalue weighted by molar-refractivity contribution is 9.14. The van der Waals surface area contributed by atoms with Gasteiger partial charge in [0.1, 0.15) is 5.75 Å². The lowest BCUT2D eigenvalue weighted by atomic mass is 10.2. The molecule has 0 aliphatic carbocycles. The minimum atomic E-state index is -0.0284. The van der Waals surface area contributed by atoms with Crippen LogP contribution in [-0.4, -0.2) is 37.6 Å². The molecule has 1 amide bonds. The zero-order valence-corrected chi connectivity index (χ0v) is 17.1. The van der Waals surface area contributed by atoms with Gasteiger partial charge in [-0.05, 0) is 91.9 Å². The molecule has 0 saturated carbocycles. The molecule has 120 valence electrons. The largest absolute Gasteiger partial charge is 0.496 e. The maximum atomic E-state index is 12.1. The van der Waals surface area contributed by atoms with E-state index in [0.717, 1.165) is 44.1 Å². The predicted molar refractivity (Wildman–Crippen MR) is 98.9 cm³/mol. The minimum Gasteiger partial charge on any atom is -0.496 e. The average Bonchev–Trinajstić information content (AvgIpc) is 2.93. The van der Waals surface area contributed by atoms with Crippen LogP contribution in [-0.2, 0) is 4.79 Å². The number of halogens is 3. The number of benzene rings is 1. The van der Waals surface area contributed by atoms with Crippen molar-refractivity contribution < 1.29 is 9.53 Å². The van der Waals surface area contributed by atoms with Gasteiger partial charge in [0, 0.05) is 10.7 Å². The number of carbonyl (C=O) groups excluding carboxylic acids is 1. The molecular formula is C15H17Br3N2O2. The summed E-state index contributed by atoms with van der Waals surface area (Å²) < 4.78 is 7.92. The van der Waals surface area contributed by atoms with Crippen molar-refractivity contribution in [3.05, 3.63) is 31.2 Å². The summed E-state index contributed by atoms with van der Waals surface area (Å²) in [5.41, 5.74) is 0.909. The van der Waals surface area contributed by atoms with E-state index < -0.39 is 0 Å². The van der Waals surface area contributed by atoms with Crippen LogP contribution in [0.1, 0.15) is 18.4 Å². The average molecular weight is 497 g/mol. The highest BCUT2D eigenvalue weighted by Gasteiger charge is 2.26. The SMILES string of the molecule is COc1cc(/C=C\NC(=O)[C@@H]2CCCN2C)c(Br)c(Br)c1Br. The third-order valence-electron chi connectivity index (χ3n) is 3.67. The number of rotatable bonds is 4. The van der Waals surface area contributed by atoms with E-state index in [1.807, 2.05) is 19.2 Å². The molecule has 1 saturated heterocycles. The molecule has 1 heterocycles. The number of nitrogens with zero attached hydrogens (tertiary/aromatic N) is 1. The Balaban J connectivity index is 2.10. The number of carbonyl (C=O) groups is 1. The Morgan fingerprint density at radius 1 is 1.36 bits per heavy atom. The highest BCUT2D eigenvalue weighted by Crippen LogP contribution is 2.40. The van der Waals surface area contributed by atoms with E-state index >= 15 is 0 Å². The van der Waals surface area contributed by atoms with Crippen LogP contribution in [0.5, 0.6) is 5.75 Å². The van der Waals surface area contributed by atoms with Gasteiger partial charge in [-0.3, -0.25) is 9.69 Å². The highest BCUT2D eigenvalue weighted by atomic mass is 79.9. The molecule has 1 aromatic rings. The van der Waals surface area contributed by atoms with Crippen molar-refractivity contribution in [1.82, 2.24) is 10.2 Å². The summed E-state index contributed by atoms with van der Waals surface area (Å²) in [6.07, 6.45) is 5.50. The maximum Gasteiger partial charge on any atom is 0.241 e. The third-order valence-corrected chi connectivity index (χ3v) is 7.17. The molecule has 1 atom stereocenters. The summed E-state index contributed by atoms with van der Waals surface area (Å²) in [6.45, 7) is 0.976. The van der Waals surface area contributed by atoms with Gasteiger partial charge in [0.05, 0.1) is 22.1 Å². The van der Waals surface area contributed by atoms with Gasteiger partial charge in [-0.1, -0.05) is 0 Å². The second-order valence-electron chi connectivity index (χ2n) is 5.09. The normalized spacial score (nSPS) is 18.9. The van der Waals surface area contributed by atoms with Crippen LogP contribution in [0.25, 0.3) is 6.08 Å². The van der Waals surface area contributed by atoms with E-state index in [0.29, 0.717) is 0 Å². The van der Waals surface area contributed by atoms with Gasteiger partial charge in [0.25, 0.3) is 0 Å². The van der Waals surface area contributed by atoms with Gasteiger partial charge >= 0.3 is 0 Å². The van der Waals surface area contributed by atoms with Gasteiger partial charge in [0.2, 0.25) is 5.91 Å². The van der Waals surface area contributed by atoms with Gasteiger partial charge in [0.15, 0.2) is 0 Å². The lowest BCUT2D eigenvalue weighted by Gasteiger charge is -2.17. The molecule has 2 rings (SSSR count). The van der Waals surface area contributed by atoms with E-state index in [9.17, 15) is 4.79 Å². The Bertz CT molecular complexity index is 605. The molecule has 1 aliphatic rings. The molecule has 0 aromatic heterocycles. The first kappa shape index (κ1) is 18.0. The molecule has 1 N–H and O–H groups in total. The first-order valence-electron chi connectivity index (χ1n) is 6.84. The van der Waals surface area contributed by atoms with Crippen molar-refractivity contribution in [2.45, 2.75) is 18.9 Å². The summed E-state index contributed by atoms with van der Waals surface area (Å²) in [5.74, 6) is 0.757.